The maximum atomic E-state index is 12.3. The third-order valence-electron chi connectivity index (χ3n) is 3.13. The predicted molar refractivity (Wildman–Crippen MR) is 81.0 cm³/mol. The topological polar surface area (TPSA) is 20.3 Å². The van der Waals surface area contributed by atoms with E-state index in [1.165, 1.54) is 4.88 Å². The van der Waals surface area contributed by atoms with Crippen LogP contribution in [0.25, 0.3) is 0 Å². The zero-order valence-corrected chi connectivity index (χ0v) is 12.5. The van der Waals surface area contributed by atoms with Crippen LogP contribution in [-0.2, 0) is 6.54 Å². The fourth-order valence-electron chi connectivity index (χ4n) is 1.86. The molecular formula is C15H16ClNOS. The second-order valence-electron chi connectivity index (χ2n) is 4.53. The number of hydrogen-bond donors (Lipinski definition) is 0. The fraction of sp³-hybridized carbons (Fsp3) is 0.267. The van der Waals surface area contributed by atoms with Gasteiger partial charge in [-0.3, -0.25) is 9.69 Å². The van der Waals surface area contributed by atoms with Gasteiger partial charge in [-0.15, -0.1) is 11.3 Å². The van der Waals surface area contributed by atoms with E-state index in [0.717, 1.165) is 16.4 Å². The van der Waals surface area contributed by atoms with Crippen LogP contribution in [0.4, 0.5) is 0 Å². The van der Waals surface area contributed by atoms with Gasteiger partial charge < -0.3 is 0 Å². The summed E-state index contributed by atoms with van der Waals surface area (Å²) in [5, 5.41) is 0. The van der Waals surface area contributed by atoms with Crippen molar-refractivity contribution in [3.8, 4) is 0 Å². The summed E-state index contributed by atoms with van der Waals surface area (Å²) in [4.78, 5) is 15.5. The number of hydrogen-bond acceptors (Lipinski definition) is 3. The smallest absolute Gasteiger partial charge is 0.179 e. The number of carbonyl (C=O) groups excluding carboxylic acids is 1. The van der Waals surface area contributed by atoms with E-state index in [0.29, 0.717) is 0 Å². The normalized spacial score (nSPS) is 12.6. The van der Waals surface area contributed by atoms with Crippen molar-refractivity contribution in [1.82, 2.24) is 4.90 Å². The minimum atomic E-state index is -0.150. The quantitative estimate of drug-likeness (QED) is 0.774. The van der Waals surface area contributed by atoms with Gasteiger partial charge in [-0.05, 0) is 26.1 Å². The molecule has 1 unspecified atom stereocenters. The van der Waals surface area contributed by atoms with Gasteiger partial charge >= 0.3 is 0 Å². The highest BCUT2D eigenvalue weighted by Gasteiger charge is 2.19. The molecule has 1 heterocycles. The Morgan fingerprint density at radius 2 is 1.95 bits per heavy atom. The average molecular weight is 294 g/mol. The Balaban J connectivity index is 2.03. The molecule has 4 heteroatoms. The SMILES string of the molecule is CC(C(=O)c1ccccc1)N(C)Cc1ccc(Cl)s1. The molecule has 1 atom stereocenters. The molecule has 0 saturated heterocycles. The molecule has 0 radical (unpaired) electrons. The number of benzene rings is 1. The Morgan fingerprint density at radius 3 is 2.53 bits per heavy atom. The van der Waals surface area contributed by atoms with Crippen LogP contribution >= 0.6 is 22.9 Å². The van der Waals surface area contributed by atoms with E-state index in [1.54, 1.807) is 11.3 Å². The molecule has 2 aromatic rings. The molecule has 0 aliphatic carbocycles. The number of carbonyl (C=O) groups is 1. The molecule has 0 saturated carbocycles. The maximum absolute atomic E-state index is 12.3. The summed E-state index contributed by atoms with van der Waals surface area (Å²) >= 11 is 7.47. The maximum Gasteiger partial charge on any atom is 0.179 e. The molecule has 19 heavy (non-hydrogen) atoms. The third kappa shape index (κ3) is 3.66. The number of ketones is 1. The lowest BCUT2D eigenvalue weighted by Gasteiger charge is -2.22. The van der Waals surface area contributed by atoms with Crippen LogP contribution in [0.15, 0.2) is 42.5 Å². The van der Waals surface area contributed by atoms with Crippen LogP contribution in [0.2, 0.25) is 4.34 Å². The number of nitrogens with zero attached hydrogens (tertiary/aromatic N) is 1. The Bertz CT molecular complexity index is 552. The Morgan fingerprint density at radius 1 is 1.26 bits per heavy atom. The van der Waals surface area contributed by atoms with E-state index < -0.39 is 0 Å². The van der Waals surface area contributed by atoms with Crippen LogP contribution in [0, 0.1) is 0 Å². The molecule has 0 N–H and O–H groups in total. The summed E-state index contributed by atoms with van der Waals surface area (Å²) in [6.45, 7) is 2.67. The Hall–Kier alpha value is -1.16. The van der Waals surface area contributed by atoms with E-state index in [9.17, 15) is 4.79 Å². The molecule has 2 rings (SSSR count). The summed E-state index contributed by atoms with van der Waals surface area (Å²) in [5.41, 5.74) is 0.756. The molecule has 0 spiro atoms. The molecule has 1 aromatic carbocycles. The van der Waals surface area contributed by atoms with Crippen LogP contribution in [0.5, 0.6) is 0 Å². The molecule has 0 aliphatic heterocycles. The first-order valence-corrected chi connectivity index (χ1v) is 7.31. The van der Waals surface area contributed by atoms with Gasteiger partial charge in [0.05, 0.1) is 10.4 Å². The molecule has 1 aromatic heterocycles. The number of thiophene rings is 1. The average Bonchev–Trinajstić information content (AvgIpc) is 2.83. The summed E-state index contributed by atoms with van der Waals surface area (Å²) in [6, 6.07) is 13.1. The lowest BCUT2D eigenvalue weighted by atomic mass is 10.0. The lowest BCUT2D eigenvalue weighted by Crippen LogP contribution is -2.35. The van der Waals surface area contributed by atoms with E-state index in [2.05, 4.69) is 0 Å². The van der Waals surface area contributed by atoms with Crippen LogP contribution in [0.3, 0.4) is 0 Å². The summed E-state index contributed by atoms with van der Waals surface area (Å²) in [5.74, 6) is 0.144. The van der Waals surface area contributed by atoms with E-state index >= 15 is 0 Å². The van der Waals surface area contributed by atoms with E-state index in [4.69, 9.17) is 11.6 Å². The van der Waals surface area contributed by atoms with Crippen molar-refractivity contribution < 1.29 is 4.79 Å². The number of rotatable bonds is 5. The zero-order chi connectivity index (χ0) is 13.8. The highest BCUT2D eigenvalue weighted by molar-refractivity contribution is 7.16. The molecule has 2 nitrogen and oxygen atoms in total. The van der Waals surface area contributed by atoms with Crippen LogP contribution in [-0.4, -0.2) is 23.8 Å². The second kappa shape index (κ2) is 6.33. The third-order valence-corrected chi connectivity index (χ3v) is 4.35. The zero-order valence-electron chi connectivity index (χ0n) is 11.0. The van der Waals surface area contributed by atoms with Gasteiger partial charge in [-0.25, -0.2) is 0 Å². The molecular weight excluding hydrogens is 278 g/mol. The first kappa shape index (κ1) is 14.3. The number of likely N-dealkylation sites (N-methyl/N-ethyl adjacent to an activating group) is 1. The van der Waals surface area contributed by atoms with Gasteiger partial charge in [0, 0.05) is 17.0 Å². The fourth-order valence-corrected chi connectivity index (χ4v) is 3.01. The number of halogens is 1. The highest BCUT2D eigenvalue weighted by atomic mass is 35.5. The number of Topliss-reactive ketones (excluding diaryl/α,β-unsaturated/α-hetero) is 1. The van der Waals surface area contributed by atoms with Crippen molar-refractivity contribution >= 4 is 28.7 Å². The van der Waals surface area contributed by atoms with Gasteiger partial charge in [0.2, 0.25) is 0 Å². The monoisotopic (exact) mass is 293 g/mol. The molecule has 100 valence electrons. The predicted octanol–water partition coefficient (Wildman–Crippen LogP) is 4.10. The second-order valence-corrected chi connectivity index (χ2v) is 6.33. The lowest BCUT2D eigenvalue weighted by molar-refractivity contribution is 0.0863. The van der Waals surface area contributed by atoms with Crippen molar-refractivity contribution in [1.29, 1.82) is 0 Å². The van der Waals surface area contributed by atoms with Crippen LogP contribution < -0.4 is 0 Å². The molecule has 0 amide bonds. The minimum Gasteiger partial charge on any atom is -0.292 e. The highest BCUT2D eigenvalue weighted by Crippen LogP contribution is 2.23. The van der Waals surface area contributed by atoms with Gasteiger partial charge in [0.15, 0.2) is 5.78 Å². The first-order chi connectivity index (χ1) is 9.08. The van der Waals surface area contributed by atoms with Gasteiger partial charge in [0.1, 0.15) is 0 Å². The minimum absolute atomic E-state index is 0.144. The van der Waals surface area contributed by atoms with Crippen molar-refractivity contribution in [2.45, 2.75) is 19.5 Å². The Kier molecular flexibility index (Phi) is 4.75. The molecule has 0 bridgehead atoms. The standard InChI is InChI=1S/C15H16ClNOS/c1-11(15(18)12-6-4-3-5-7-12)17(2)10-13-8-9-14(16)19-13/h3-9,11H,10H2,1-2H3. The first-order valence-electron chi connectivity index (χ1n) is 6.11. The Labute approximate surface area is 122 Å². The van der Waals surface area contributed by atoms with Crippen molar-refractivity contribution in [3.05, 3.63) is 57.2 Å². The summed E-state index contributed by atoms with van der Waals surface area (Å²) < 4.78 is 0.783. The van der Waals surface area contributed by atoms with Crippen molar-refractivity contribution in [2.24, 2.45) is 0 Å². The molecule has 0 aliphatic rings. The molecule has 0 fully saturated rings. The van der Waals surface area contributed by atoms with Gasteiger partial charge in [0.25, 0.3) is 0 Å². The van der Waals surface area contributed by atoms with Crippen molar-refractivity contribution in [2.75, 3.05) is 7.05 Å². The van der Waals surface area contributed by atoms with E-state index in [1.807, 2.05) is 61.3 Å². The van der Waals surface area contributed by atoms with E-state index in [-0.39, 0.29) is 11.8 Å². The largest absolute Gasteiger partial charge is 0.292 e. The van der Waals surface area contributed by atoms with Gasteiger partial charge in [-0.1, -0.05) is 41.9 Å². The summed E-state index contributed by atoms with van der Waals surface area (Å²) in [6.07, 6.45) is 0. The van der Waals surface area contributed by atoms with Gasteiger partial charge in [-0.2, -0.15) is 0 Å². The van der Waals surface area contributed by atoms with Crippen LogP contribution in [0.1, 0.15) is 22.2 Å². The summed E-state index contributed by atoms with van der Waals surface area (Å²) in [7, 11) is 1.96. The van der Waals surface area contributed by atoms with Crippen molar-refractivity contribution in [3.63, 3.8) is 0 Å².